The second-order valence-corrected chi connectivity index (χ2v) is 2.87. The Hall–Kier alpha value is -1.65. The van der Waals surface area contributed by atoms with Crippen LogP contribution in [0.2, 0.25) is 0 Å². The maximum atomic E-state index is 12.6. The number of amides is 1. The highest BCUT2D eigenvalue weighted by Crippen LogP contribution is 2.15. The van der Waals surface area contributed by atoms with E-state index in [0.29, 0.717) is 6.07 Å². The predicted octanol–water partition coefficient (Wildman–Crippen LogP) is 2.03. The Morgan fingerprint density at radius 3 is 2.14 bits per heavy atom. The van der Waals surface area contributed by atoms with E-state index < -0.39 is 17.7 Å². The molecule has 0 bridgehead atoms. The minimum Gasteiger partial charge on any atom is -0.410 e. The van der Waals surface area contributed by atoms with Gasteiger partial charge < -0.3 is 9.64 Å². The van der Waals surface area contributed by atoms with Gasteiger partial charge in [-0.15, -0.1) is 0 Å². The van der Waals surface area contributed by atoms with Crippen molar-refractivity contribution in [3.05, 3.63) is 29.8 Å². The molecule has 0 spiro atoms. The third-order valence-electron chi connectivity index (χ3n) is 1.41. The van der Waals surface area contributed by atoms with E-state index in [-0.39, 0.29) is 5.75 Å². The molecule has 14 heavy (non-hydrogen) atoms. The number of carbonyl (C=O) groups excluding carboxylic acids is 1. The van der Waals surface area contributed by atoms with Crippen LogP contribution in [-0.4, -0.2) is 25.1 Å². The zero-order valence-electron chi connectivity index (χ0n) is 7.75. The molecule has 0 aliphatic rings. The highest BCUT2D eigenvalue weighted by molar-refractivity contribution is 5.69. The Balaban J connectivity index is 2.82. The summed E-state index contributed by atoms with van der Waals surface area (Å²) >= 11 is 0. The molecule has 5 heteroatoms. The predicted molar refractivity (Wildman–Crippen MR) is 46.1 cm³/mol. The number of rotatable bonds is 1. The molecule has 1 aromatic carbocycles. The molecule has 0 heterocycles. The SMILES string of the molecule is CN(C)C(=O)Oc1cc(F)cc(F)c1. The van der Waals surface area contributed by atoms with Crippen molar-refractivity contribution >= 4 is 6.09 Å². The Bertz CT molecular complexity index is 332. The molecule has 3 nitrogen and oxygen atoms in total. The normalized spacial score (nSPS) is 9.71. The lowest BCUT2D eigenvalue weighted by Crippen LogP contribution is -2.25. The first-order chi connectivity index (χ1) is 6.49. The molecule has 0 atom stereocenters. The summed E-state index contributed by atoms with van der Waals surface area (Å²) in [6.45, 7) is 0. The molecule has 0 N–H and O–H groups in total. The molecule has 0 aliphatic carbocycles. The summed E-state index contributed by atoms with van der Waals surface area (Å²) < 4.78 is 29.9. The monoisotopic (exact) mass is 201 g/mol. The number of hydrogen-bond acceptors (Lipinski definition) is 2. The van der Waals surface area contributed by atoms with Gasteiger partial charge in [0.05, 0.1) is 0 Å². The number of nitrogens with zero attached hydrogens (tertiary/aromatic N) is 1. The van der Waals surface area contributed by atoms with Gasteiger partial charge in [0.25, 0.3) is 0 Å². The molecule has 0 fully saturated rings. The minimum atomic E-state index is -0.786. The van der Waals surface area contributed by atoms with Crippen molar-refractivity contribution in [3.8, 4) is 5.75 Å². The molecule has 0 saturated carbocycles. The van der Waals surface area contributed by atoms with Gasteiger partial charge in [0.2, 0.25) is 0 Å². The van der Waals surface area contributed by atoms with Gasteiger partial charge in [0.1, 0.15) is 17.4 Å². The van der Waals surface area contributed by atoms with E-state index in [2.05, 4.69) is 4.74 Å². The maximum absolute atomic E-state index is 12.6. The Kier molecular flexibility index (Phi) is 3.01. The lowest BCUT2D eigenvalue weighted by molar-refractivity contribution is 0.171. The smallest absolute Gasteiger partial charge is 0.410 e. The van der Waals surface area contributed by atoms with Crippen LogP contribution in [0.3, 0.4) is 0 Å². The average molecular weight is 201 g/mol. The number of benzene rings is 1. The van der Waals surface area contributed by atoms with Gasteiger partial charge in [-0.1, -0.05) is 0 Å². The molecule has 76 valence electrons. The zero-order valence-corrected chi connectivity index (χ0v) is 7.75. The summed E-state index contributed by atoms with van der Waals surface area (Å²) in [4.78, 5) is 12.1. The van der Waals surface area contributed by atoms with Crippen molar-refractivity contribution in [2.45, 2.75) is 0 Å². The van der Waals surface area contributed by atoms with Gasteiger partial charge >= 0.3 is 6.09 Å². The van der Waals surface area contributed by atoms with Gasteiger partial charge in [-0.3, -0.25) is 0 Å². The quantitative estimate of drug-likeness (QED) is 0.695. The summed E-state index contributed by atoms with van der Waals surface area (Å²) in [5.74, 6) is -1.72. The molecule has 0 saturated heterocycles. The second-order valence-electron chi connectivity index (χ2n) is 2.87. The molecule has 0 unspecified atom stereocenters. The van der Waals surface area contributed by atoms with Gasteiger partial charge in [0, 0.05) is 32.3 Å². The fourth-order valence-electron chi connectivity index (χ4n) is 0.780. The average Bonchev–Trinajstić information content (AvgIpc) is 2.01. The lowest BCUT2D eigenvalue weighted by atomic mass is 10.3. The number of ether oxygens (including phenoxy) is 1. The lowest BCUT2D eigenvalue weighted by Gasteiger charge is -2.10. The van der Waals surface area contributed by atoms with E-state index in [4.69, 9.17) is 0 Å². The van der Waals surface area contributed by atoms with Crippen LogP contribution in [0.1, 0.15) is 0 Å². The molecule has 1 aromatic rings. The molecular weight excluding hydrogens is 192 g/mol. The molecule has 1 amide bonds. The van der Waals surface area contributed by atoms with E-state index in [9.17, 15) is 13.6 Å². The third-order valence-corrected chi connectivity index (χ3v) is 1.41. The standard InChI is InChI=1S/C9H9F2NO2/c1-12(2)9(13)14-8-4-6(10)3-7(11)5-8/h3-5H,1-2H3. The number of hydrogen-bond donors (Lipinski definition) is 0. The summed E-state index contributed by atoms with van der Waals surface area (Å²) in [6.07, 6.45) is -0.685. The first kappa shape index (κ1) is 10.4. The van der Waals surface area contributed by atoms with Gasteiger partial charge in [0.15, 0.2) is 0 Å². The summed E-state index contributed by atoms with van der Waals surface area (Å²) in [7, 11) is 2.94. The summed E-state index contributed by atoms with van der Waals surface area (Å²) in [6, 6.07) is 2.57. The van der Waals surface area contributed by atoms with Crippen molar-refractivity contribution in [1.29, 1.82) is 0 Å². The molecule has 0 aliphatic heterocycles. The fourth-order valence-corrected chi connectivity index (χ4v) is 0.780. The van der Waals surface area contributed by atoms with Crippen molar-refractivity contribution in [3.63, 3.8) is 0 Å². The highest BCUT2D eigenvalue weighted by atomic mass is 19.1. The summed E-state index contributed by atoms with van der Waals surface area (Å²) in [5.41, 5.74) is 0. The molecule has 0 aromatic heterocycles. The maximum Gasteiger partial charge on any atom is 0.414 e. The van der Waals surface area contributed by atoms with Crippen molar-refractivity contribution < 1.29 is 18.3 Å². The van der Waals surface area contributed by atoms with Crippen molar-refractivity contribution in [2.75, 3.05) is 14.1 Å². The first-order valence-corrected chi connectivity index (χ1v) is 3.84. The first-order valence-electron chi connectivity index (χ1n) is 3.84. The number of carbonyl (C=O) groups is 1. The van der Waals surface area contributed by atoms with E-state index in [1.54, 1.807) is 0 Å². The fraction of sp³-hybridized carbons (Fsp3) is 0.222. The zero-order chi connectivity index (χ0) is 10.7. The van der Waals surface area contributed by atoms with Crippen LogP contribution in [0.4, 0.5) is 13.6 Å². The van der Waals surface area contributed by atoms with Crippen LogP contribution in [0.25, 0.3) is 0 Å². The molecular formula is C9H9F2NO2. The van der Waals surface area contributed by atoms with E-state index in [1.807, 2.05) is 0 Å². The topological polar surface area (TPSA) is 29.5 Å². The number of halogens is 2. The Labute approximate surface area is 79.9 Å². The van der Waals surface area contributed by atoms with E-state index in [0.717, 1.165) is 17.0 Å². The van der Waals surface area contributed by atoms with E-state index >= 15 is 0 Å². The third kappa shape index (κ3) is 2.69. The summed E-state index contributed by atoms with van der Waals surface area (Å²) in [5, 5.41) is 0. The van der Waals surface area contributed by atoms with Crippen LogP contribution in [-0.2, 0) is 0 Å². The van der Waals surface area contributed by atoms with Crippen LogP contribution >= 0.6 is 0 Å². The van der Waals surface area contributed by atoms with Crippen LogP contribution in [0.15, 0.2) is 18.2 Å². The van der Waals surface area contributed by atoms with Gasteiger partial charge in [-0.25, -0.2) is 13.6 Å². The van der Waals surface area contributed by atoms with Gasteiger partial charge in [-0.2, -0.15) is 0 Å². The second kappa shape index (κ2) is 4.04. The Morgan fingerprint density at radius 2 is 1.71 bits per heavy atom. The van der Waals surface area contributed by atoms with Crippen LogP contribution < -0.4 is 4.74 Å². The van der Waals surface area contributed by atoms with Crippen LogP contribution in [0, 0.1) is 11.6 Å². The molecule has 0 radical (unpaired) electrons. The Morgan fingerprint density at radius 1 is 1.21 bits per heavy atom. The molecule has 1 rings (SSSR count). The van der Waals surface area contributed by atoms with Crippen molar-refractivity contribution in [2.24, 2.45) is 0 Å². The van der Waals surface area contributed by atoms with Crippen LogP contribution in [0.5, 0.6) is 5.75 Å². The largest absolute Gasteiger partial charge is 0.414 e. The van der Waals surface area contributed by atoms with Gasteiger partial charge in [-0.05, 0) is 0 Å². The minimum absolute atomic E-state index is 0.152. The van der Waals surface area contributed by atoms with Crippen molar-refractivity contribution in [1.82, 2.24) is 4.90 Å². The highest BCUT2D eigenvalue weighted by Gasteiger charge is 2.08. The van der Waals surface area contributed by atoms with E-state index in [1.165, 1.54) is 14.1 Å².